The monoisotopic (exact) mass is 386 g/mol. The maximum atomic E-state index is 12.1. The number of aryl methyl sites for hydroxylation is 1. The predicted octanol–water partition coefficient (Wildman–Crippen LogP) is 2.02. The van der Waals surface area contributed by atoms with Crippen LogP contribution in [0.5, 0.6) is 11.5 Å². The van der Waals surface area contributed by atoms with Crippen LogP contribution in [0.15, 0.2) is 42.5 Å². The van der Waals surface area contributed by atoms with Gasteiger partial charge in [0.05, 0.1) is 11.5 Å². The molecule has 2 aromatic carbocycles. The Morgan fingerprint density at radius 3 is 2.71 bits per heavy atom. The maximum Gasteiger partial charge on any atom is 0.345 e. The van der Waals surface area contributed by atoms with Crippen LogP contribution < -0.4 is 14.8 Å². The highest BCUT2D eigenvalue weighted by atomic mass is 16.6. The Bertz CT molecular complexity index is 913. The van der Waals surface area contributed by atoms with Crippen molar-refractivity contribution < 1.29 is 28.7 Å². The molecule has 1 aliphatic rings. The van der Waals surface area contributed by atoms with Crippen LogP contribution in [-0.2, 0) is 9.53 Å². The summed E-state index contributed by atoms with van der Waals surface area (Å²) >= 11 is 0. The van der Waals surface area contributed by atoms with Crippen LogP contribution in [-0.4, -0.2) is 42.7 Å². The first-order valence-corrected chi connectivity index (χ1v) is 8.52. The predicted molar refractivity (Wildman–Crippen MR) is 97.5 cm³/mol. The molecule has 28 heavy (non-hydrogen) atoms. The molecule has 3 rings (SSSR count). The van der Waals surface area contributed by atoms with Crippen molar-refractivity contribution in [1.82, 2.24) is 5.32 Å². The topological polar surface area (TPSA) is 117 Å². The number of esters is 1. The number of hydrogen-bond acceptors (Lipinski definition) is 7. The Hall–Kier alpha value is -3.62. The van der Waals surface area contributed by atoms with Crippen LogP contribution >= 0.6 is 0 Å². The summed E-state index contributed by atoms with van der Waals surface area (Å²) in [6, 6.07) is 11.5. The smallest absolute Gasteiger partial charge is 0.345 e. The van der Waals surface area contributed by atoms with Gasteiger partial charge in [0.1, 0.15) is 18.3 Å². The molecule has 1 aliphatic heterocycles. The third-order valence-electron chi connectivity index (χ3n) is 4.07. The first-order chi connectivity index (χ1) is 13.5. The van der Waals surface area contributed by atoms with Crippen LogP contribution in [0.2, 0.25) is 0 Å². The third-order valence-corrected chi connectivity index (χ3v) is 4.07. The molecular weight excluding hydrogens is 368 g/mol. The van der Waals surface area contributed by atoms with Gasteiger partial charge in [0.25, 0.3) is 11.6 Å². The molecule has 0 bridgehead atoms. The molecule has 146 valence electrons. The summed E-state index contributed by atoms with van der Waals surface area (Å²) in [5.41, 5.74) is -0.198. The molecule has 0 saturated carbocycles. The van der Waals surface area contributed by atoms with E-state index in [1.807, 2.05) is 12.1 Å². The van der Waals surface area contributed by atoms with Gasteiger partial charge >= 0.3 is 5.97 Å². The molecule has 1 N–H and O–H groups in total. The zero-order valence-electron chi connectivity index (χ0n) is 15.0. The van der Waals surface area contributed by atoms with Crippen molar-refractivity contribution in [1.29, 1.82) is 0 Å². The van der Waals surface area contributed by atoms with Gasteiger partial charge in [0.15, 0.2) is 18.1 Å². The molecule has 1 amide bonds. The maximum absolute atomic E-state index is 12.1. The van der Waals surface area contributed by atoms with Crippen molar-refractivity contribution in [2.75, 3.05) is 19.8 Å². The highest BCUT2D eigenvalue weighted by Gasteiger charge is 2.25. The van der Waals surface area contributed by atoms with Crippen molar-refractivity contribution in [3.63, 3.8) is 0 Å². The molecule has 1 unspecified atom stereocenters. The van der Waals surface area contributed by atoms with Gasteiger partial charge in [-0.25, -0.2) is 4.79 Å². The van der Waals surface area contributed by atoms with Gasteiger partial charge in [-0.3, -0.25) is 14.9 Å². The molecule has 0 radical (unpaired) electrons. The number of rotatable bonds is 6. The summed E-state index contributed by atoms with van der Waals surface area (Å²) in [4.78, 5) is 34.5. The number of amides is 1. The molecule has 9 nitrogen and oxygen atoms in total. The molecule has 0 spiro atoms. The number of nitro groups is 1. The second-order valence-corrected chi connectivity index (χ2v) is 6.11. The summed E-state index contributed by atoms with van der Waals surface area (Å²) in [5.74, 6) is -0.257. The van der Waals surface area contributed by atoms with Gasteiger partial charge in [-0.2, -0.15) is 0 Å². The molecule has 1 heterocycles. The van der Waals surface area contributed by atoms with Crippen molar-refractivity contribution in [3.8, 4) is 11.5 Å². The standard InChI is InChI=1S/C19H18N2O7/c1-12-5-4-6-14(18(12)21(24)25)19(23)27-11-17(22)20-9-13-10-26-15-7-2-3-8-16(15)28-13/h2-8,13H,9-11H2,1H3,(H,20,22). The Balaban J connectivity index is 1.49. The lowest BCUT2D eigenvalue weighted by atomic mass is 10.1. The van der Waals surface area contributed by atoms with E-state index in [0.29, 0.717) is 17.1 Å². The first kappa shape index (κ1) is 19.2. The second kappa shape index (κ2) is 8.38. The lowest BCUT2D eigenvalue weighted by molar-refractivity contribution is -0.385. The fourth-order valence-electron chi connectivity index (χ4n) is 2.72. The molecule has 0 aliphatic carbocycles. The van der Waals surface area contributed by atoms with E-state index < -0.39 is 23.4 Å². The zero-order chi connectivity index (χ0) is 20.1. The summed E-state index contributed by atoms with van der Waals surface area (Å²) in [7, 11) is 0. The van der Waals surface area contributed by atoms with Gasteiger partial charge in [-0.05, 0) is 25.1 Å². The van der Waals surface area contributed by atoms with Crippen LogP contribution in [0.3, 0.4) is 0 Å². The number of nitrogens with one attached hydrogen (secondary N) is 1. The van der Waals surface area contributed by atoms with Crippen molar-refractivity contribution in [3.05, 3.63) is 63.7 Å². The van der Waals surface area contributed by atoms with Crippen molar-refractivity contribution in [2.45, 2.75) is 13.0 Å². The fourth-order valence-corrected chi connectivity index (χ4v) is 2.72. The number of nitrogens with zero attached hydrogens (tertiary/aromatic N) is 1. The SMILES string of the molecule is Cc1cccc(C(=O)OCC(=O)NCC2COc3ccccc3O2)c1[N+](=O)[O-]. The van der Waals surface area contributed by atoms with Gasteiger partial charge in [-0.15, -0.1) is 0 Å². The van der Waals surface area contributed by atoms with Crippen LogP contribution in [0.1, 0.15) is 15.9 Å². The van der Waals surface area contributed by atoms with E-state index >= 15 is 0 Å². The van der Waals surface area contributed by atoms with E-state index in [0.717, 1.165) is 0 Å². The van der Waals surface area contributed by atoms with E-state index in [9.17, 15) is 19.7 Å². The number of carbonyl (C=O) groups excluding carboxylic acids is 2. The molecule has 0 aromatic heterocycles. The van der Waals surface area contributed by atoms with Crippen LogP contribution in [0, 0.1) is 17.0 Å². The van der Waals surface area contributed by atoms with E-state index in [4.69, 9.17) is 14.2 Å². The minimum absolute atomic E-state index is 0.162. The third kappa shape index (κ3) is 4.37. The number of benzene rings is 2. The van der Waals surface area contributed by atoms with E-state index in [-0.39, 0.29) is 30.5 Å². The van der Waals surface area contributed by atoms with E-state index in [1.54, 1.807) is 12.1 Å². The number of para-hydroxylation sites is 3. The Kier molecular flexibility index (Phi) is 5.73. The lowest BCUT2D eigenvalue weighted by Crippen LogP contribution is -2.42. The average Bonchev–Trinajstić information content (AvgIpc) is 2.69. The number of carbonyl (C=O) groups is 2. The summed E-state index contributed by atoms with van der Waals surface area (Å²) in [5, 5.41) is 13.7. The largest absolute Gasteiger partial charge is 0.486 e. The Morgan fingerprint density at radius 1 is 1.21 bits per heavy atom. The number of nitro benzene ring substituents is 1. The Morgan fingerprint density at radius 2 is 1.96 bits per heavy atom. The lowest BCUT2D eigenvalue weighted by Gasteiger charge is -2.26. The Labute approximate surface area is 160 Å². The first-order valence-electron chi connectivity index (χ1n) is 8.52. The molecule has 1 atom stereocenters. The quantitative estimate of drug-likeness (QED) is 0.458. The number of fused-ring (bicyclic) bond motifs is 1. The molecule has 0 saturated heterocycles. The highest BCUT2D eigenvalue weighted by molar-refractivity contribution is 5.95. The van der Waals surface area contributed by atoms with Crippen LogP contribution in [0.4, 0.5) is 5.69 Å². The number of ether oxygens (including phenoxy) is 3. The van der Waals surface area contributed by atoms with Gasteiger partial charge in [0.2, 0.25) is 0 Å². The minimum atomic E-state index is -0.934. The van der Waals surface area contributed by atoms with Gasteiger partial charge in [0, 0.05) is 5.56 Å². The summed E-state index contributed by atoms with van der Waals surface area (Å²) < 4.78 is 16.2. The minimum Gasteiger partial charge on any atom is -0.486 e. The summed E-state index contributed by atoms with van der Waals surface area (Å²) in [6.07, 6.45) is -0.382. The zero-order valence-corrected chi connectivity index (χ0v) is 15.0. The van der Waals surface area contributed by atoms with Gasteiger partial charge in [-0.1, -0.05) is 24.3 Å². The average molecular weight is 386 g/mol. The van der Waals surface area contributed by atoms with Gasteiger partial charge < -0.3 is 19.5 Å². The molecule has 9 heteroatoms. The van der Waals surface area contributed by atoms with Crippen LogP contribution in [0.25, 0.3) is 0 Å². The van der Waals surface area contributed by atoms with E-state index in [2.05, 4.69) is 5.32 Å². The summed E-state index contributed by atoms with van der Waals surface area (Å²) in [6.45, 7) is 1.39. The number of hydrogen-bond donors (Lipinski definition) is 1. The normalized spacial score (nSPS) is 14.8. The highest BCUT2D eigenvalue weighted by Crippen LogP contribution is 2.30. The molecule has 2 aromatic rings. The second-order valence-electron chi connectivity index (χ2n) is 6.11. The molecule has 0 fully saturated rings. The van der Waals surface area contributed by atoms with Crippen molar-refractivity contribution in [2.24, 2.45) is 0 Å². The fraction of sp³-hybridized carbons (Fsp3) is 0.263. The van der Waals surface area contributed by atoms with E-state index in [1.165, 1.54) is 25.1 Å². The molecular formula is C19H18N2O7. The van der Waals surface area contributed by atoms with Crippen molar-refractivity contribution >= 4 is 17.6 Å².